The van der Waals surface area contributed by atoms with Crippen LogP contribution in [0.5, 0.6) is 0 Å². The molecule has 6 heteroatoms. The summed E-state index contributed by atoms with van der Waals surface area (Å²) >= 11 is 0. The van der Waals surface area contributed by atoms with Crippen molar-refractivity contribution >= 4 is 15.9 Å². The van der Waals surface area contributed by atoms with Gasteiger partial charge in [-0.15, -0.1) is 0 Å². The molecule has 2 N–H and O–H groups in total. The van der Waals surface area contributed by atoms with Crippen LogP contribution in [0.3, 0.4) is 0 Å². The van der Waals surface area contributed by atoms with Crippen LogP contribution < -0.4 is 10.0 Å². The van der Waals surface area contributed by atoms with E-state index >= 15 is 0 Å². The maximum absolute atomic E-state index is 11.3. The SMILES string of the molecule is CC(C)CNC(=O)CCNS(=O)(=O)C(C)C. The molecule has 0 bridgehead atoms. The molecule has 0 spiro atoms. The number of carbonyl (C=O) groups excluding carboxylic acids is 1. The summed E-state index contributed by atoms with van der Waals surface area (Å²) in [6, 6.07) is 0. The van der Waals surface area contributed by atoms with Crippen molar-refractivity contribution in [2.75, 3.05) is 13.1 Å². The van der Waals surface area contributed by atoms with Gasteiger partial charge in [-0.2, -0.15) is 0 Å². The van der Waals surface area contributed by atoms with Gasteiger partial charge in [0, 0.05) is 19.5 Å². The van der Waals surface area contributed by atoms with Crippen molar-refractivity contribution in [3.05, 3.63) is 0 Å². The van der Waals surface area contributed by atoms with E-state index in [-0.39, 0.29) is 18.9 Å². The fourth-order valence-corrected chi connectivity index (χ4v) is 1.60. The molecular formula is C10H22N2O3S. The summed E-state index contributed by atoms with van der Waals surface area (Å²) in [5.41, 5.74) is 0. The second kappa shape index (κ2) is 6.85. The fourth-order valence-electron chi connectivity index (χ4n) is 0.880. The highest BCUT2D eigenvalue weighted by molar-refractivity contribution is 7.90. The van der Waals surface area contributed by atoms with Crippen molar-refractivity contribution in [3.63, 3.8) is 0 Å². The Hall–Kier alpha value is -0.620. The number of sulfonamides is 1. The van der Waals surface area contributed by atoms with Gasteiger partial charge in [0.15, 0.2) is 0 Å². The average molecular weight is 250 g/mol. The molecule has 0 heterocycles. The van der Waals surface area contributed by atoms with Gasteiger partial charge in [0.2, 0.25) is 15.9 Å². The minimum absolute atomic E-state index is 0.125. The quantitative estimate of drug-likeness (QED) is 0.690. The molecule has 0 aromatic rings. The standard InChI is InChI=1S/C10H22N2O3S/c1-8(2)7-11-10(13)5-6-12-16(14,15)9(3)4/h8-9,12H,5-7H2,1-4H3,(H,11,13). The molecule has 0 atom stereocenters. The monoisotopic (exact) mass is 250 g/mol. The van der Waals surface area contributed by atoms with Gasteiger partial charge in [-0.25, -0.2) is 13.1 Å². The molecule has 0 aliphatic rings. The van der Waals surface area contributed by atoms with Gasteiger partial charge < -0.3 is 5.32 Å². The zero-order chi connectivity index (χ0) is 12.8. The highest BCUT2D eigenvalue weighted by atomic mass is 32.2. The van der Waals surface area contributed by atoms with Crippen molar-refractivity contribution in [1.29, 1.82) is 0 Å². The first-order chi connectivity index (χ1) is 7.25. The Morgan fingerprint density at radius 2 is 1.75 bits per heavy atom. The van der Waals surface area contributed by atoms with Crippen LogP contribution in [0.4, 0.5) is 0 Å². The summed E-state index contributed by atoms with van der Waals surface area (Å²) in [6.07, 6.45) is 0.179. The van der Waals surface area contributed by atoms with Crippen LogP contribution in [0.25, 0.3) is 0 Å². The Morgan fingerprint density at radius 3 is 2.19 bits per heavy atom. The minimum atomic E-state index is -3.26. The van der Waals surface area contributed by atoms with Crippen molar-refractivity contribution in [3.8, 4) is 0 Å². The molecular weight excluding hydrogens is 228 g/mol. The third kappa shape index (κ3) is 6.79. The molecule has 1 amide bonds. The van der Waals surface area contributed by atoms with E-state index in [1.807, 2.05) is 13.8 Å². The molecule has 0 saturated carbocycles. The number of hydrogen-bond acceptors (Lipinski definition) is 3. The summed E-state index contributed by atoms with van der Waals surface area (Å²) in [7, 11) is -3.26. The van der Waals surface area contributed by atoms with E-state index in [9.17, 15) is 13.2 Å². The topological polar surface area (TPSA) is 75.3 Å². The highest BCUT2D eigenvalue weighted by Gasteiger charge is 2.15. The number of nitrogens with one attached hydrogen (secondary N) is 2. The summed E-state index contributed by atoms with van der Waals surface area (Å²) < 4.78 is 25.1. The first-order valence-electron chi connectivity index (χ1n) is 5.51. The molecule has 96 valence electrons. The van der Waals surface area contributed by atoms with Crippen LogP contribution in [-0.2, 0) is 14.8 Å². The van der Waals surface area contributed by atoms with E-state index in [0.29, 0.717) is 12.5 Å². The van der Waals surface area contributed by atoms with Gasteiger partial charge in [0.25, 0.3) is 0 Å². The Kier molecular flexibility index (Phi) is 6.59. The van der Waals surface area contributed by atoms with E-state index in [1.54, 1.807) is 13.8 Å². The van der Waals surface area contributed by atoms with E-state index in [4.69, 9.17) is 0 Å². The third-order valence-electron chi connectivity index (χ3n) is 1.98. The van der Waals surface area contributed by atoms with Crippen LogP contribution in [0, 0.1) is 5.92 Å². The number of hydrogen-bond donors (Lipinski definition) is 2. The van der Waals surface area contributed by atoms with Crippen molar-refractivity contribution in [2.24, 2.45) is 5.92 Å². The minimum Gasteiger partial charge on any atom is -0.356 e. The van der Waals surface area contributed by atoms with Gasteiger partial charge in [-0.1, -0.05) is 13.8 Å². The maximum Gasteiger partial charge on any atom is 0.221 e. The maximum atomic E-state index is 11.3. The van der Waals surface area contributed by atoms with Gasteiger partial charge in [-0.05, 0) is 19.8 Å². The molecule has 16 heavy (non-hydrogen) atoms. The highest BCUT2D eigenvalue weighted by Crippen LogP contribution is 1.95. The van der Waals surface area contributed by atoms with Crippen LogP contribution in [0.1, 0.15) is 34.1 Å². The molecule has 0 rings (SSSR count). The van der Waals surface area contributed by atoms with E-state index in [1.165, 1.54) is 0 Å². The van der Waals surface area contributed by atoms with Crippen LogP contribution in [0.2, 0.25) is 0 Å². The molecule has 0 aromatic carbocycles. The molecule has 0 fully saturated rings. The second-order valence-electron chi connectivity index (χ2n) is 4.44. The van der Waals surface area contributed by atoms with Crippen molar-refractivity contribution in [1.82, 2.24) is 10.0 Å². The summed E-state index contributed by atoms with van der Waals surface area (Å²) in [5, 5.41) is 2.26. The van der Waals surface area contributed by atoms with Crippen LogP contribution in [-0.4, -0.2) is 32.7 Å². The predicted octanol–water partition coefficient (Wildman–Crippen LogP) is 0.477. The Morgan fingerprint density at radius 1 is 1.19 bits per heavy atom. The molecule has 0 aliphatic carbocycles. The van der Waals surface area contributed by atoms with Crippen LogP contribution >= 0.6 is 0 Å². The normalized spacial score (nSPS) is 12.1. The van der Waals surface area contributed by atoms with E-state index in [2.05, 4.69) is 10.0 Å². The summed E-state index contributed by atoms with van der Waals surface area (Å²) in [5.74, 6) is 0.275. The lowest BCUT2D eigenvalue weighted by Crippen LogP contribution is -2.35. The predicted molar refractivity (Wildman–Crippen MR) is 64.5 cm³/mol. The largest absolute Gasteiger partial charge is 0.356 e. The molecule has 0 aromatic heterocycles. The number of rotatable bonds is 7. The van der Waals surface area contributed by atoms with E-state index in [0.717, 1.165) is 0 Å². The van der Waals surface area contributed by atoms with E-state index < -0.39 is 15.3 Å². The smallest absolute Gasteiger partial charge is 0.221 e. The zero-order valence-electron chi connectivity index (χ0n) is 10.4. The Bertz CT molecular complexity index is 310. The average Bonchev–Trinajstić information content (AvgIpc) is 2.14. The van der Waals surface area contributed by atoms with Gasteiger partial charge >= 0.3 is 0 Å². The molecule has 0 radical (unpaired) electrons. The third-order valence-corrected chi connectivity index (χ3v) is 3.83. The van der Waals surface area contributed by atoms with Gasteiger partial charge in [0.1, 0.15) is 0 Å². The lowest BCUT2D eigenvalue weighted by molar-refractivity contribution is -0.121. The second-order valence-corrected chi connectivity index (χ2v) is 6.76. The lowest BCUT2D eigenvalue weighted by Gasteiger charge is -2.10. The summed E-state index contributed by atoms with van der Waals surface area (Å²) in [6.45, 7) is 7.98. The number of amides is 1. The molecule has 0 saturated heterocycles. The first-order valence-corrected chi connectivity index (χ1v) is 7.05. The Balaban J connectivity index is 3.79. The Labute approximate surface area is 98.0 Å². The van der Waals surface area contributed by atoms with Gasteiger partial charge in [-0.3, -0.25) is 4.79 Å². The molecule has 0 aliphatic heterocycles. The lowest BCUT2D eigenvalue weighted by atomic mass is 10.2. The van der Waals surface area contributed by atoms with Crippen molar-refractivity contribution < 1.29 is 13.2 Å². The van der Waals surface area contributed by atoms with Gasteiger partial charge in [0.05, 0.1) is 5.25 Å². The number of carbonyl (C=O) groups is 1. The zero-order valence-corrected chi connectivity index (χ0v) is 11.2. The molecule has 5 nitrogen and oxygen atoms in total. The first kappa shape index (κ1) is 15.4. The molecule has 0 unspecified atom stereocenters. The van der Waals surface area contributed by atoms with Crippen molar-refractivity contribution in [2.45, 2.75) is 39.4 Å². The fraction of sp³-hybridized carbons (Fsp3) is 0.900. The van der Waals surface area contributed by atoms with Crippen LogP contribution in [0.15, 0.2) is 0 Å². The summed E-state index contributed by atoms with van der Waals surface area (Å²) in [4.78, 5) is 11.3.